The first-order valence-corrected chi connectivity index (χ1v) is 13.6. The number of hydrogen-bond acceptors (Lipinski definition) is 3. The molecule has 5 heteroatoms. The third-order valence-corrected chi connectivity index (χ3v) is 7.20. The van der Waals surface area contributed by atoms with E-state index in [-0.39, 0.29) is 23.8 Å². The summed E-state index contributed by atoms with van der Waals surface area (Å²) in [5.74, 6) is -0.409. The highest BCUT2D eigenvalue weighted by molar-refractivity contribution is 6.21. The topological polar surface area (TPSA) is 66.5 Å². The molecule has 0 saturated heterocycles. The van der Waals surface area contributed by atoms with Gasteiger partial charge in [0.1, 0.15) is 0 Å². The Hall–Kier alpha value is -4.51. The second-order valence-corrected chi connectivity index (χ2v) is 9.87. The molecule has 0 spiro atoms. The molecule has 0 saturated carbocycles. The highest BCUT2D eigenvalue weighted by Crippen LogP contribution is 2.26. The molecule has 1 aliphatic heterocycles. The molecule has 196 valence electrons. The number of unbranched alkanes of at least 4 members (excludes halogenated alkanes) is 3. The minimum absolute atomic E-state index is 0.0105. The van der Waals surface area contributed by atoms with Crippen LogP contribution in [0.2, 0.25) is 0 Å². The van der Waals surface area contributed by atoms with Crippen molar-refractivity contribution < 1.29 is 14.4 Å². The SMILES string of the molecule is O=C(CCCCCCN1C(=O)c2ccccc2C1=O)NC(c1ccccc1)c1ccc(-c2ccccc2)cc1. The number of carbonyl (C=O) groups is 3. The number of hydrogen-bond donors (Lipinski definition) is 1. The maximum absolute atomic E-state index is 12.9. The molecule has 0 aliphatic carbocycles. The number of rotatable bonds is 11. The first-order valence-electron chi connectivity index (χ1n) is 13.6. The first-order chi connectivity index (χ1) is 19.1. The largest absolute Gasteiger partial charge is 0.345 e. The quantitative estimate of drug-likeness (QED) is 0.176. The van der Waals surface area contributed by atoms with Gasteiger partial charge < -0.3 is 5.32 Å². The fraction of sp³-hybridized carbons (Fsp3) is 0.206. The smallest absolute Gasteiger partial charge is 0.261 e. The van der Waals surface area contributed by atoms with Crippen molar-refractivity contribution in [3.05, 3.63) is 131 Å². The molecule has 1 atom stereocenters. The van der Waals surface area contributed by atoms with Crippen LogP contribution in [0.25, 0.3) is 11.1 Å². The Bertz CT molecular complexity index is 1400. The maximum atomic E-state index is 12.9. The highest BCUT2D eigenvalue weighted by Gasteiger charge is 2.34. The minimum Gasteiger partial charge on any atom is -0.345 e. The van der Waals surface area contributed by atoms with E-state index in [1.807, 2.05) is 48.5 Å². The summed E-state index contributed by atoms with van der Waals surface area (Å²) >= 11 is 0. The van der Waals surface area contributed by atoms with Gasteiger partial charge in [0.05, 0.1) is 17.2 Å². The van der Waals surface area contributed by atoms with Crippen LogP contribution in [0.5, 0.6) is 0 Å². The van der Waals surface area contributed by atoms with E-state index >= 15 is 0 Å². The molecule has 4 aromatic carbocycles. The molecule has 5 nitrogen and oxygen atoms in total. The predicted octanol–water partition coefficient (Wildman–Crippen LogP) is 6.81. The van der Waals surface area contributed by atoms with E-state index in [2.05, 4.69) is 41.7 Å². The molecule has 1 unspecified atom stereocenters. The van der Waals surface area contributed by atoms with Crippen LogP contribution in [0.4, 0.5) is 0 Å². The van der Waals surface area contributed by atoms with Gasteiger partial charge in [-0.2, -0.15) is 0 Å². The van der Waals surface area contributed by atoms with E-state index in [9.17, 15) is 14.4 Å². The lowest BCUT2D eigenvalue weighted by Gasteiger charge is -2.20. The van der Waals surface area contributed by atoms with Crippen molar-refractivity contribution in [1.29, 1.82) is 0 Å². The van der Waals surface area contributed by atoms with Crippen LogP contribution in [0.3, 0.4) is 0 Å². The second-order valence-electron chi connectivity index (χ2n) is 9.87. The zero-order valence-corrected chi connectivity index (χ0v) is 21.9. The van der Waals surface area contributed by atoms with Crippen molar-refractivity contribution in [2.24, 2.45) is 0 Å². The molecule has 39 heavy (non-hydrogen) atoms. The molecule has 4 aromatic rings. The summed E-state index contributed by atoms with van der Waals surface area (Å²) in [6, 6.07) is 35.4. The van der Waals surface area contributed by atoms with E-state index in [1.54, 1.807) is 24.3 Å². The summed E-state index contributed by atoms with van der Waals surface area (Å²) in [4.78, 5) is 39.3. The third-order valence-electron chi connectivity index (χ3n) is 7.20. The van der Waals surface area contributed by atoms with Gasteiger partial charge in [0, 0.05) is 13.0 Å². The Balaban J connectivity index is 1.12. The van der Waals surface area contributed by atoms with E-state index in [0.717, 1.165) is 47.9 Å². The monoisotopic (exact) mass is 516 g/mol. The molecule has 1 heterocycles. The molecule has 0 bridgehead atoms. The van der Waals surface area contributed by atoms with E-state index < -0.39 is 0 Å². The molecular weight excluding hydrogens is 484 g/mol. The van der Waals surface area contributed by atoms with Crippen LogP contribution < -0.4 is 5.32 Å². The number of imide groups is 1. The van der Waals surface area contributed by atoms with Crippen molar-refractivity contribution in [3.8, 4) is 11.1 Å². The van der Waals surface area contributed by atoms with Crippen molar-refractivity contribution in [1.82, 2.24) is 10.2 Å². The van der Waals surface area contributed by atoms with Crippen LogP contribution in [0, 0.1) is 0 Å². The summed E-state index contributed by atoms with van der Waals surface area (Å²) in [5.41, 5.74) is 5.35. The molecule has 5 rings (SSSR count). The fourth-order valence-electron chi connectivity index (χ4n) is 5.09. The molecule has 0 aromatic heterocycles. The van der Waals surface area contributed by atoms with Crippen LogP contribution in [0.1, 0.15) is 70.0 Å². The zero-order chi connectivity index (χ0) is 27.0. The highest BCUT2D eigenvalue weighted by atomic mass is 16.2. The lowest BCUT2D eigenvalue weighted by molar-refractivity contribution is -0.121. The van der Waals surface area contributed by atoms with Crippen LogP contribution in [0.15, 0.2) is 109 Å². The van der Waals surface area contributed by atoms with Crippen LogP contribution in [-0.2, 0) is 4.79 Å². The Labute approximate surface area is 229 Å². The Morgan fingerprint density at radius 1 is 0.590 bits per heavy atom. The van der Waals surface area contributed by atoms with Crippen molar-refractivity contribution in [3.63, 3.8) is 0 Å². The summed E-state index contributed by atoms with van der Waals surface area (Å²) in [6.45, 7) is 0.410. The Morgan fingerprint density at radius 2 is 1.10 bits per heavy atom. The maximum Gasteiger partial charge on any atom is 0.261 e. The summed E-state index contributed by atoms with van der Waals surface area (Å²) in [5, 5.41) is 3.23. The lowest BCUT2D eigenvalue weighted by atomic mass is 9.96. The summed E-state index contributed by atoms with van der Waals surface area (Å²) in [7, 11) is 0. The average molecular weight is 517 g/mol. The Kier molecular flexibility index (Phi) is 8.27. The van der Waals surface area contributed by atoms with Gasteiger partial charge >= 0.3 is 0 Å². The van der Waals surface area contributed by atoms with Crippen LogP contribution >= 0.6 is 0 Å². The second kappa shape index (κ2) is 12.4. The normalized spacial score (nSPS) is 13.3. The van der Waals surface area contributed by atoms with Gasteiger partial charge in [0.2, 0.25) is 5.91 Å². The number of amides is 3. The fourth-order valence-corrected chi connectivity index (χ4v) is 5.09. The van der Waals surface area contributed by atoms with Gasteiger partial charge in [0.15, 0.2) is 0 Å². The average Bonchev–Trinajstić information content (AvgIpc) is 3.23. The predicted molar refractivity (Wildman–Crippen MR) is 153 cm³/mol. The zero-order valence-electron chi connectivity index (χ0n) is 21.9. The standard InChI is InChI=1S/C34H32N2O3/c37-31(19-9-1-2-12-24-36-33(38)29-17-10-11-18-30(29)34(36)39)35-32(27-15-7-4-8-16-27)28-22-20-26(21-23-28)25-13-5-3-6-14-25/h3-8,10-11,13-18,20-23,32H,1-2,9,12,19,24H2,(H,35,37). The van der Waals surface area contributed by atoms with Crippen molar-refractivity contribution in [2.45, 2.75) is 38.1 Å². The number of nitrogens with zero attached hydrogens (tertiary/aromatic N) is 1. The molecule has 3 amide bonds. The lowest BCUT2D eigenvalue weighted by Crippen LogP contribution is -2.30. The molecule has 0 fully saturated rings. The van der Waals surface area contributed by atoms with E-state index in [0.29, 0.717) is 24.1 Å². The van der Waals surface area contributed by atoms with Gasteiger partial charge in [0.25, 0.3) is 11.8 Å². The number of benzene rings is 4. The van der Waals surface area contributed by atoms with E-state index in [4.69, 9.17) is 0 Å². The summed E-state index contributed by atoms with van der Waals surface area (Å²) < 4.78 is 0. The van der Waals surface area contributed by atoms with Gasteiger partial charge in [-0.25, -0.2) is 0 Å². The molecule has 0 radical (unpaired) electrons. The number of fused-ring (bicyclic) bond motifs is 1. The molecular formula is C34H32N2O3. The molecule has 1 aliphatic rings. The van der Waals surface area contributed by atoms with Crippen molar-refractivity contribution in [2.75, 3.05) is 6.54 Å². The third kappa shape index (κ3) is 6.15. The number of carbonyl (C=O) groups excluding carboxylic acids is 3. The molecule has 1 N–H and O–H groups in total. The van der Waals surface area contributed by atoms with Gasteiger partial charge in [-0.15, -0.1) is 0 Å². The van der Waals surface area contributed by atoms with Gasteiger partial charge in [-0.3, -0.25) is 19.3 Å². The van der Waals surface area contributed by atoms with Gasteiger partial charge in [-0.1, -0.05) is 110 Å². The Morgan fingerprint density at radius 3 is 1.74 bits per heavy atom. The van der Waals surface area contributed by atoms with Crippen molar-refractivity contribution >= 4 is 17.7 Å². The van der Waals surface area contributed by atoms with Crippen LogP contribution in [-0.4, -0.2) is 29.2 Å². The first kappa shape index (κ1) is 26.1. The number of nitrogens with one attached hydrogen (secondary N) is 1. The summed E-state index contributed by atoms with van der Waals surface area (Å²) in [6.07, 6.45) is 3.62. The van der Waals surface area contributed by atoms with Gasteiger partial charge in [-0.05, 0) is 47.2 Å². The van der Waals surface area contributed by atoms with E-state index in [1.165, 1.54) is 4.90 Å². The minimum atomic E-state index is -0.225.